The fourth-order valence-corrected chi connectivity index (χ4v) is 2.22. The summed E-state index contributed by atoms with van der Waals surface area (Å²) in [6.45, 7) is 0.728. The van der Waals surface area contributed by atoms with Crippen LogP contribution in [0.4, 0.5) is 5.69 Å². The third-order valence-corrected chi connectivity index (χ3v) is 3.45. The lowest BCUT2D eigenvalue weighted by Gasteiger charge is -2.24. The van der Waals surface area contributed by atoms with Crippen molar-refractivity contribution in [1.82, 2.24) is 0 Å². The molecule has 1 aromatic rings. The van der Waals surface area contributed by atoms with Gasteiger partial charge in [0.05, 0.1) is 12.3 Å². The van der Waals surface area contributed by atoms with E-state index in [1.165, 1.54) is 12.0 Å². The molecule has 0 unspecified atom stereocenters. The molecule has 0 radical (unpaired) electrons. The van der Waals surface area contributed by atoms with Crippen molar-refractivity contribution in [1.29, 1.82) is 0 Å². The molecule has 84 valence electrons. The van der Waals surface area contributed by atoms with E-state index in [1.807, 2.05) is 12.1 Å². The first-order valence-corrected chi connectivity index (χ1v) is 5.90. The Bertz CT molecular complexity index is 424. The number of benzene rings is 1. The summed E-state index contributed by atoms with van der Waals surface area (Å²) in [6, 6.07) is 5.95. The van der Waals surface area contributed by atoms with Crippen molar-refractivity contribution in [3.8, 4) is 5.75 Å². The smallest absolute Gasteiger partial charge is 0.227 e. The molecule has 1 aromatic carbocycles. The van der Waals surface area contributed by atoms with Crippen LogP contribution in [-0.2, 0) is 11.2 Å². The van der Waals surface area contributed by atoms with E-state index in [1.54, 1.807) is 0 Å². The third-order valence-electron chi connectivity index (χ3n) is 3.45. The zero-order valence-electron chi connectivity index (χ0n) is 9.16. The van der Waals surface area contributed by atoms with Gasteiger partial charge in [0.15, 0.2) is 0 Å². The topological polar surface area (TPSA) is 38.3 Å². The van der Waals surface area contributed by atoms with Crippen LogP contribution in [0.1, 0.15) is 24.8 Å². The van der Waals surface area contributed by atoms with Gasteiger partial charge in [-0.2, -0.15) is 0 Å². The number of carbonyl (C=O) groups is 1. The molecule has 1 amide bonds. The van der Waals surface area contributed by atoms with Crippen molar-refractivity contribution in [2.24, 2.45) is 5.92 Å². The summed E-state index contributed by atoms with van der Waals surface area (Å²) in [6.07, 6.45) is 4.19. The van der Waals surface area contributed by atoms with Gasteiger partial charge in [-0.1, -0.05) is 18.6 Å². The molecule has 3 heteroatoms. The molecule has 1 aliphatic carbocycles. The van der Waals surface area contributed by atoms with E-state index >= 15 is 0 Å². The average molecular weight is 217 g/mol. The number of fused-ring (bicyclic) bond motifs is 1. The summed E-state index contributed by atoms with van der Waals surface area (Å²) < 4.78 is 5.55. The van der Waals surface area contributed by atoms with Crippen LogP contribution >= 0.6 is 0 Å². The highest BCUT2D eigenvalue weighted by molar-refractivity contribution is 5.94. The lowest BCUT2D eigenvalue weighted by Crippen LogP contribution is -2.28. The highest BCUT2D eigenvalue weighted by atomic mass is 16.5. The van der Waals surface area contributed by atoms with Crippen molar-refractivity contribution in [2.45, 2.75) is 25.7 Å². The van der Waals surface area contributed by atoms with Gasteiger partial charge in [0.25, 0.3) is 0 Å². The molecule has 1 N–H and O–H groups in total. The first kappa shape index (κ1) is 9.70. The molecule has 3 nitrogen and oxygen atoms in total. The molecule has 2 aliphatic rings. The molecular weight excluding hydrogens is 202 g/mol. The molecule has 16 heavy (non-hydrogen) atoms. The van der Waals surface area contributed by atoms with Gasteiger partial charge in [-0.15, -0.1) is 0 Å². The standard InChI is InChI=1S/C13H15NO2/c15-13(10-4-1-5-10)14-11-6-2-3-9-7-8-16-12(9)11/h2-3,6,10H,1,4-5,7-8H2,(H,14,15). The Morgan fingerprint density at radius 2 is 2.25 bits per heavy atom. The quantitative estimate of drug-likeness (QED) is 0.825. The number of para-hydroxylation sites is 1. The van der Waals surface area contributed by atoms with Crippen molar-refractivity contribution >= 4 is 11.6 Å². The van der Waals surface area contributed by atoms with Gasteiger partial charge in [-0.25, -0.2) is 0 Å². The van der Waals surface area contributed by atoms with E-state index in [4.69, 9.17) is 4.74 Å². The highest BCUT2D eigenvalue weighted by Gasteiger charge is 2.26. The van der Waals surface area contributed by atoms with Gasteiger partial charge in [0.1, 0.15) is 5.75 Å². The van der Waals surface area contributed by atoms with E-state index in [-0.39, 0.29) is 11.8 Å². The van der Waals surface area contributed by atoms with Crippen LogP contribution in [0, 0.1) is 5.92 Å². The van der Waals surface area contributed by atoms with E-state index < -0.39 is 0 Å². The van der Waals surface area contributed by atoms with Crippen LogP contribution < -0.4 is 10.1 Å². The van der Waals surface area contributed by atoms with Crippen LogP contribution in [0.2, 0.25) is 0 Å². The summed E-state index contributed by atoms with van der Waals surface area (Å²) >= 11 is 0. The number of carbonyl (C=O) groups excluding carboxylic acids is 1. The first-order valence-electron chi connectivity index (χ1n) is 5.90. The number of amides is 1. The lowest BCUT2D eigenvalue weighted by molar-refractivity contribution is -0.122. The fraction of sp³-hybridized carbons (Fsp3) is 0.462. The van der Waals surface area contributed by atoms with Gasteiger partial charge in [-0.3, -0.25) is 4.79 Å². The molecule has 3 rings (SSSR count). The number of rotatable bonds is 2. The Labute approximate surface area is 94.8 Å². The Morgan fingerprint density at radius 1 is 1.38 bits per heavy atom. The SMILES string of the molecule is O=C(Nc1cccc2c1OCC2)C1CCC1. The van der Waals surface area contributed by atoms with E-state index in [2.05, 4.69) is 11.4 Å². The largest absolute Gasteiger partial charge is 0.491 e. The van der Waals surface area contributed by atoms with Crippen LogP contribution in [0.25, 0.3) is 0 Å². The monoisotopic (exact) mass is 217 g/mol. The number of hydrogen-bond donors (Lipinski definition) is 1. The molecule has 0 saturated heterocycles. The van der Waals surface area contributed by atoms with Crippen LogP contribution in [0.5, 0.6) is 5.75 Å². The molecule has 1 heterocycles. The fourth-order valence-electron chi connectivity index (χ4n) is 2.22. The number of ether oxygens (including phenoxy) is 1. The van der Waals surface area contributed by atoms with E-state index in [9.17, 15) is 4.79 Å². The zero-order valence-corrected chi connectivity index (χ0v) is 9.16. The normalized spacial score (nSPS) is 18.5. The maximum Gasteiger partial charge on any atom is 0.227 e. The molecular formula is C13H15NO2. The third kappa shape index (κ3) is 1.56. The van der Waals surface area contributed by atoms with Crippen LogP contribution in [0.3, 0.4) is 0 Å². The Kier molecular flexibility index (Phi) is 2.31. The molecule has 1 saturated carbocycles. The average Bonchev–Trinajstić information content (AvgIpc) is 2.63. The van der Waals surface area contributed by atoms with E-state index in [0.717, 1.165) is 37.3 Å². The summed E-state index contributed by atoms with van der Waals surface area (Å²) in [5.41, 5.74) is 2.04. The first-order chi connectivity index (χ1) is 7.84. The number of hydrogen-bond acceptors (Lipinski definition) is 2. The summed E-state index contributed by atoms with van der Waals surface area (Å²) in [5, 5.41) is 2.98. The van der Waals surface area contributed by atoms with Gasteiger partial charge in [-0.05, 0) is 24.5 Å². The molecule has 0 aromatic heterocycles. The van der Waals surface area contributed by atoms with Crippen molar-refractivity contribution < 1.29 is 9.53 Å². The van der Waals surface area contributed by atoms with Gasteiger partial charge >= 0.3 is 0 Å². The lowest BCUT2D eigenvalue weighted by atomic mass is 9.85. The molecule has 0 atom stereocenters. The summed E-state index contributed by atoms with van der Waals surface area (Å²) in [5.74, 6) is 1.24. The zero-order chi connectivity index (χ0) is 11.0. The van der Waals surface area contributed by atoms with Crippen molar-refractivity contribution in [2.75, 3.05) is 11.9 Å². The minimum absolute atomic E-state index is 0.148. The number of anilines is 1. The predicted molar refractivity (Wildman–Crippen MR) is 61.6 cm³/mol. The molecule has 1 fully saturated rings. The maximum absolute atomic E-state index is 11.8. The Balaban J connectivity index is 1.79. The van der Waals surface area contributed by atoms with Gasteiger partial charge < -0.3 is 10.1 Å². The predicted octanol–water partition coefficient (Wildman–Crippen LogP) is 2.36. The molecule has 0 bridgehead atoms. The van der Waals surface area contributed by atoms with Crippen LogP contribution in [-0.4, -0.2) is 12.5 Å². The maximum atomic E-state index is 11.8. The number of nitrogens with one attached hydrogen (secondary N) is 1. The van der Waals surface area contributed by atoms with Crippen molar-refractivity contribution in [3.63, 3.8) is 0 Å². The Morgan fingerprint density at radius 3 is 3.00 bits per heavy atom. The highest BCUT2D eigenvalue weighted by Crippen LogP contribution is 2.35. The van der Waals surface area contributed by atoms with E-state index in [0.29, 0.717) is 0 Å². The van der Waals surface area contributed by atoms with Crippen molar-refractivity contribution in [3.05, 3.63) is 23.8 Å². The minimum Gasteiger partial charge on any atom is -0.491 e. The minimum atomic E-state index is 0.148. The Hall–Kier alpha value is -1.51. The van der Waals surface area contributed by atoms with Crippen LogP contribution in [0.15, 0.2) is 18.2 Å². The second-order valence-corrected chi connectivity index (χ2v) is 4.51. The second-order valence-electron chi connectivity index (χ2n) is 4.51. The second kappa shape index (κ2) is 3.81. The summed E-state index contributed by atoms with van der Waals surface area (Å²) in [7, 11) is 0. The molecule has 1 aliphatic heterocycles. The van der Waals surface area contributed by atoms with Gasteiger partial charge in [0, 0.05) is 12.3 Å². The molecule has 0 spiro atoms. The van der Waals surface area contributed by atoms with Gasteiger partial charge in [0.2, 0.25) is 5.91 Å². The summed E-state index contributed by atoms with van der Waals surface area (Å²) in [4.78, 5) is 11.8.